The first-order valence-corrected chi connectivity index (χ1v) is 6.29. The molecule has 1 heterocycles. The summed E-state index contributed by atoms with van der Waals surface area (Å²) in [6, 6.07) is 12.7. The fourth-order valence-corrected chi connectivity index (χ4v) is 2.04. The van der Waals surface area contributed by atoms with Crippen LogP contribution in [0.5, 0.6) is 0 Å². The molecule has 0 unspecified atom stereocenters. The average Bonchev–Trinajstić information content (AvgIpc) is 2.71. The van der Waals surface area contributed by atoms with Crippen molar-refractivity contribution in [2.24, 2.45) is 0 Å². The minimum absolute atomic E-state index is 0.553. The molecule has 2 rings (SSSR count). The summed E-state index contributed by atoms with van der Waals surface area (Å²) in [5, 5.41) is 3.22. The Labute approximate surface area is 108 Å². The van der Waals surface area contributed by atoms with Gasteiger partial charge in [0.1, 0.15) is 6.73 Å². The zero-order valence-electron chi connectivity index (χ0n) is 11.2. The molecule has 1 aromatic heterocycles. The molecule has 0 aliphatic carbocycles. The highest BCUT2D eigenvalue weighted by molar-refractivity contribution is 5.49. The van der Waals surface area contributed by atoms with Gasteiger partial charge in [-0.3, -0.25) is 0 Å². The van der Waals surface area contributed by atoms with Crippen LogP contribution in [-0.4, -0.2) is 17.9 Å². The van der Waals surface area contributed by atoms with Crippen molar-refractivity contribution >= 4 is 5.69 Å². The molecular formula is C15H20N2O. The first kappa shape index (κ1) is 12.7. The number of rotatable bonds is 5. The van der Waals surface area contributed by atoms with E-state index in [4.69, 9.17) is 4.74 Å². The van der Waals surface area contributed by atoms with Crippen molar-refractivity contribution in [1.82, 2.24) is 4.57 Å². The molecule has 3 heteroatoms. The number of aromatic nitrogens is 1. The van der Waals surface area contributed by atoms with Crippen molar-refractivity contribution in [2.45, 2.75) is 20.8 Å². The first-order valence-electron chi connectivity index (χ1n) is 6.29. The van der Waals surface area contributed by atoms with Crippen LogP contribution in [0.1, 0.15) is 18.3 Å². The van der Waals surface area contributed by atoms with Gasteiger partial charge in [-0.25, -0.2) is 0 Å². The summed E-state index contributed by atoms with van der Waals surface area (Å²) in [5.74, 6) is 0. The van der Waals surface area contributed by atoms with Crippen LogP contribution in [0.4, 0.5) is 5.69 Å². The lowest BCUT2D eigenvalue weighted by Gasteiger charge is -2.11. The van der Waals surface area contributed by atoms with Gasteiger partial charge in [0.2, 0.25) is 0 Å². The second-order valence-corrected chi connectivity index (χ2v) is 4.31. The molecule has 0 spiro atoms. The third kappa shape index (κ3) is 2.74. The Bertz CT molecular complexity index is 480. The lowest BCUT2D eigenvalue weighted by molar-refractivity contribution is 0.167. The van der Waals surface area contributed by atoms with Gasteiger partial charge in [-0.1, -0.05) is 0 Å². The highest BCUT2D eigenvalue weighted by atomic mass is 16.5. The van der Waals surface area contributed by atoms with Gasteiger partial charge >= 0.3 is 0 Å². The van der Waals surface area contributed by atoms with E-state index in [1.54, 1.807) is 0 Å². The number of hydrogen-bond donors (Lipinski definition) is 1. The highest BCUT2D eigenvalue weighted by Crippen LogP contribution is 2.18. The van der Waals surface area contributed by atoms with E-state index in [2.05, 4.69) is 60.1 Å². The maximum absolute atomic E-state index is 5.26. The van der Waals surface area contributed by atoms with Crippen LogP contribution in [0, 0.1) is 13.8 Å². The summed E-state index contributed by atoms with van der Waals surface area (Å²) < 4.78 is 7.50. The van der Waals surface area contributed by atoms with E-state index in [0.717, 1.165) is 12.3 Å². The topological polar surface area (TPSA) is 26.2 Å². The van der Waals surface area contributed by atoms with Crippen LogP contribution in [0.2, 0.25) is 0 Å². The molecule has 0 radical (unpaired) electrons. The Hall–Kier alpha value is -1.74. The van der Waals surface area contributed by atoms with Crippen LogP contribution >= 0.6 is 0 Å². The molecule has 0 aliphatic rings. The molecule has 1 N–H and O–H groups in total. The molecule has 3 nitrogen and oxygen atoms in total. The van der Waals surface area contributed by atoms with Gasteiger partial charge in [-0.2, -0.15) is 0 Å². The zero-order chi connectivity index (χ0) is 13.0. The van der Waals surface area contributed by atoms with Crippen molar-refractivity contribution in [3.05, 3.63) is 47.8 Å². The third-order valence-electron chi connectivity index (χ3n) is 2.98. The minimum Gasteiger partial charge on any atom is -0.363 e. The Morgan fingerprint density at radius 1 is 1.00 bits per heavy atom. The number of nitrogens with zero attached hydrogens (tertiary/aromatic N) is 1. The largest absolute Gasteiger partial charge is 0.363 e. The summed E-state index contributed by atoms with van der Waals surface area (Å²) in [6.45, 7) is 7.51. The Morgan fingerprint density at radius 3 is 2.17 bits per heavy atom. The first-order chi connectivity index (χ1) is 8.72. The zero-order valence-corrected chi connectivity index (χ0v) is 11.2. The van der Waals surface area contributed by atoms with Crippen LogP contribution in [0.3, 0.4) is 0 Å². The van der Waals surface area contributed by atoms with Crippen molar-refractivity contribution < 1.29 is 4.74 Å². The van der Waals surface area contributed by atoms with Gasteiger partial charge in [-0.15, -0.1) is 0 Å². The van der Waals surface area contributed by atoms with Crippen LogP contribution < -0.4 is 5.32 Å². The van der Waals surface area contributed by atoms with Gasteiger partial charge in [-0.05, 0) is 57.2 Å². The Balaban J connectivity index is 2.13. The van der Waals surface area contributed by atoms with Gasteiger partial charge < -0.3 is 14.6 Å². The molecule has 2 aromatic rings. The standard InChI is InChI=1S/C15H20N2O/c1-4-18-11-16-14-7-9-15(10-8-14)17-12(2)5-6-13(17)3/h5-10,16H,4,11H2,1-3H3. The summed E-state index contributed by atoms with van der Waals surface area (Å²) in [5.41, 5.74) is 4.77. The van der Waals surface area contributed by atoms with E-state index >= 15 is 0 Å². The second kappa shape index (κ2) is 5.74. The van der Waals surface area contributed by atoms with Crippen molar-refractivity contribution in [1.29, 1.82) is 0 Å². The average molecular weight is 244 g/mol. The van der Waals surface area contributed by atoms with E-state index in [-0.39, 0.29) is 0 Å². The molecule has 0 saturated carbocycles. The number of benzene rings is 1. The van der Waals surface area contributed by atoms with E-state index in [1.807, 2.05) is 6.92 Å². The highest BCUT2D eigenvalue weighted by Gasteiger charge is 2.03. The molecular weight excluding hydrogens is 224 g/mol. The maximum Gasteiger partial charge on any atom is 0.116 e. The maximum atomic E-state index is 5.26. The fraction of sp³-hybridized carbons (Fsp3) is 0.333. The van der Waals surface area contributed by atoms with E-state index in [1.165, 1.54) is 17.1 Å². The van der Waals surface area contributed by atoms with E-state index < -0.39 is 0 Å². The molecule has 0 fully saturated rings. The summed E-state index contributed by atoms with van der Waals surface area (Å²) in [6.07, 6.45) is 0. The van der Waals surface area contributed by atoms with Gasteiger partial charge in [0.05, 0.1) is 0 Å². The van der Waals surface area contributed by atoms with Gasteiger partial charge in [0, 0.05) is 29.4 Å². The monoisotopic (exact) mass is 244 g/mol. The summed E-state index contributed by atoms with van der Waals surface area (Å²) in [7, 11) is 0. The second-order valence-electron chi connectivity index (χ2n) is 4.31. The fourth-order valence-electron chi connectivity index (χ4n) is 2.04. The van der Waals surface area contributed by atoms with Crippen LogP contribution in [0.25, 0.3) is 5.69 Å². The predicted molar refractivity (Wildman–Crippen MR) is 75.4 cm³/mol. The number of hydrogen-bond acceptors (Lipinski definition) is 2. The molecule has 0 bridgehead atoms. The van der Waals surface area contributed by atoms with Crippen molar-refractivity contribution in [3.63, 3.8) is 0 Å². The molecule has 96 valence electrons. The van der Waals surface area contributed by atoms with Gasteiger partial charge in [0.15, 0.2) is 0 Å². The third-order valence-corrected chi connectivity index (χ3v) is 2.98. The molecule has 1 aromatic carbocycles. The molecule has 0 amide bonds. The van der Waals surface area contributed by atoms with Crippen molar-refractivity contribution in [2.75, 3.05) is 18.7 Å². The molecule has 18 heavy (non-hydrogen) atoms. The smallest absolute Gasteiger partial charge is 0.116 e. The normalized spacial score (nSPS) is 10.6. The minimum atomic E-state index is 0.553. The number of nitrogens with one attached hydrogen (secondary N) is 1. The Kier molecular flexibility index (Phi) is 4.05. The molecule has 0 saturated heterocycles. The SMILES string of the molecule is CCOCNc1ccc(-n2c(C)ccc2C)cc1. The van der Waals surface area contributed by atoms with E-state index in [0.29, 0.717) is 6.73 Å². The predicted octanol–water partition coefficient (Wildman–Crippen LogP) is 3.50. The number of anilines is 1. The molecule has 0 aliphatic heterocycles. The number of ether oxygens (including phenoxy) is 1. The lowest BCUT2D eigenvalue weighted by Crippen LogP contribution is -2.05. The van der Waals surface area contributed by atoms with Gasteiger partial charge in [0.25, 0.3) is 0 Å². The summed E-state index contributed by atoms with van der Waals surface area (Å²) >= 11 is 0. The van der Waals surface area contributed by atoms with Crippen LogP contribution in [0.15, 0.2) is 36.4 Å². The van der Waals surface area contributed by atoms with E-state index in [9.17, 15) is 0 Å². The number of aryl methyl sites for hydroxylation is 2. The van der Waals surface area contributed by atoms with Crippen LogP contribution in [-0.2, 0) is 4.74 Å². The van der Waals surface area contributed by atoms with Crippen molar-refractivity contribution in [3.8, 4) is 5.69 Å². The quantitative estimate of drug-likeness (QED) is 0.643. The summed E-state index contributed by atoms with van der Waals surface area (Å²) in [4.78, 5) is 0. The lowest BCUT2D eigenvalue weighted by atomic mass is 10.2. The molecule has 0 atom stereocenters. The Morgan fingerprint density at radius 2 is 1.61 bits per heavy atom.